The Morgan fingerprint density at radius 3 is 1.97 bits per heavy atom. The molecule has 0 aromatic heterocycles. The molecule has 0 spiro atoms. The summed E-state index contributed by atoms with van der Waals surface area (Å²) in [7, 11) is -3.17. The average molecular weight is 504 g/mol. The van der Waals surface area contributed by atoms with Gasteiger partial charge in [0.15, 0.2) is 11.6 Å². The Bertz CT molecular complexity index is 1110. The first-order valence-corrected chi connectivity index (χ1v) is 12.1. The minimum Gasteiger partial charge on any atom is -0.443 e. The van der Waals surface area contributed by atoms with E-state index in [9.17, 15) is 26.8 Å². The molecule has 190 valence electrons. The van der Waals surface area contributed by atoms with E-state index in [-0.39, 0.29) is 5.56 Å². The van der Waals surface area contributed by atoms with Gasteiger partial charge >= 0.3 is 12.2 Å². The van der Waals surface area contributed by atoms with Gasteiger partial charge in [0.05, 0.1) is 5.75 Å². The number of carbonyl (C=O) groups is 2. The third-order valence-corrected chi connectivity index (χ3v) is 6.54. The Kier molecular flexibility index (Phi) is 7.10. The molecule has 1 aromatic carbocycles. The molecule has 0 bridgehead atoms. The number of sulfonamides is 1. The molecule has 2 amide bonds. The number of hydrogen-bond acceptors (Lipinski definition) is 7. The number of ether oxygens (including phenoxy) is 2. The van der Waals surface area contributed by atoms with Gasteiger partial charge in [-0.15, -0.1) is 4.90 Å². The second-order valence-electron chi connectivity index (χ2n) is 10.3. The summed E-state index contributed by atoms with van der Waals surface area (Å²) in [6.45, 7) is 12.1. The Hall–Kier alpha value is -2.76. The molecular formula is C22H31F2N3O6S. The van der Waals surface area contributed by atoms with E-state index in [0.29, 0.717) is 14.8 Å². The van der Waals surface area contributed by atoms with Gasteiger partial charge < -0.3 is 9.47 Å². The van der Waals surface area contributed by atoms with E-state index in [2.05, 4.69) is 4.99 Å². The van der Waals surface area contributed by atoms with Gasteiger partial charge in [0.1, 0.15) is 16.7 Å². The van der Waals surface area contributed by atoms with E-state index in [1.165, 1.54) is 19.9 Å². The first kappa shape index (κ1) is 27.5. The van der Waals surface area contributed by atoms with Crippen LogP contribution >= 0.6 is 0 Å². The van der Waals surface area contributed by atoms with Gasteiger partial charge in [-0.05, 0) is 67.0 Å². The van der Waals surface area contributed by atoms with Crippen LogP contribution in [0.3, 0.4) is 0 Å². The van der Waals surface area contributed by atoms with Crippen LogP contribution in [0.2, 0.25) is 0 Å². The van der Waals surface area contributed by atoms with Crippen molar-refractivity contribution >= 4 is 28.2 Å². The Morgan fingerprint density at radius 2 is 1.53 bits per heavy atom. The molecule has 1 heterocycles. The van der Waals surface area contributed by atoms with Crippen LogP contribution in [0.25, 0.3) is 0 Å². The van der Waals surface area contributed by atoms with E-state index in [0.717, 1.165) is 13.1 Å². The molecule has 0 unspecified atom stereocenters. The standard InChI is InChI=1S/C22H31F2N3O6S/c1-13-10-14(16(24)15(23)11-13)22(8)12-34(30,31)26(9)17(25-22)27(18(28)32-20(2,3)4)19(29)33-21(5,6)7/h10-11H,12H2,1-9H3/t22-/m0/s1. The maximum atomic E-state index is 14.8. The van der Waals surface area contributed by atoms with E-state index in [4.69, 9.17) is 9.47 Å². The van der Waals surface area contributed by atoms with Crippen molar-refractivity contribution in [2.45, 2.75) is 72.1 Å². The fourth-order valence-corrected chi connectivity index (χ4v) is 4.69. The lowest BCUT2D eigenvalue weighted by molar-refractivity contribution is 0.0133. The fourth-order valence-electron chi connectivity index (χ4n) is 3.20. The van der Waals surface area contributed by atoms with E-state index in [1.807, 2.05) is 0 Å². The van der Waals surface area contributed by atoms with Crippen molar-refractivity contribution < 1.29 is 36.3 Å². The van der Waals surface area contributed by atoms with Gasteiger partial charge in [0.25, 0.3) is 0 Å². The average Bonchev–Trinajstić information content (AvgIpc) is 2.58. The van der Waals surface area contributed by atoms with Crippen molar-refractivity contribution in [2.24, 2.45) is 4.99 Å². The highest BCUT2D eigenvalue weighted by atomic mass is 32.2. The Morgan fingerprint density at radius 1 is 1.06 bits per heavy atom. The Balaban J connectivity index is 2.79. The molecule has 1 aromatic rings. The Labute approximate surface area is 198 Å². The second kappa shape index (κ2) is 8.79. The monoisotopic (exact) mass is 503 g/mol. The second-order valence-corrected chi connectivity index (χ2v) is 12.3. The third-order valence-electron chi connectivity index (χ3n) is 4.61. The smallest absolute Gasteiger partial charge is 0.427 e. The molecule has 0 N–H and O–H groups in total. The van der Waals surface area contributed by atoms with Crippen LogP contribution in [0.1, 0.15) is 59.6 Å². The van der Waals surface area contributed by atoms with Gasteiger partial charge in [-0.3, -0.25) is 0 Å². The van der Waals surface area contributed by atoms with E-state index < -0.39 is 62.3 Å². The van der Waals surface area contributed by atoms with Crippen molar-refractivity contribution in [3.8, 4) is 0 Å². The summed E-state index contributed by atoms with van der Waals surface area (Å²) in [5.41, 5.74) is -4.00. The molecule has 0 saturated carbocycles. The maximum absolute atomic E-state index is 14.8. The van der Waals surface area contributed by atoms with Crippen molar-refractivity contribution in [3.05, 3.63) is 34.9 Å². The highest BCUT2D eigenvalue weighted by molar-refractivity contribution is 7.89. The highest BCUT2D eigenvalue weighted by Gasteiger charge is 2.48. The summed E-state index contributed by atoms with van der Waals surface area (Å²) < 4.78 is 66.3. The highest BCUT2D eigenvalue weighted by Crippen LogP contribution is 2.36. The molecule has 1 atom stereocenters. The van der Waals surface area contributed by atoms with Gasteiger partial charge in [-0.1, -0.05) is 6.07 Å². The molecular weight excluding hydrogens is 472 g/mol. The summed E-state index contributed by atoms with van der Waals surface area (Å²) >= 11 is 0. The molecule has 1 aliphatic rings. The minimum absolute atomic E-state index is 0.333. The van der Waals surface area contributed by atoms with Crippen LogP contribution < -0.4 is 0 Å². The number of nitrogens with zero attached hydrogens (tertiary/aromatic N) is 3. The molecule has 1 aliphatic heterocycles. The van der Waals surface area contributed by atoms with Crippen LogP contribution in [0, 0.1) is 18.6 Å². The van der Waals surface area contributed by atoms with Crippen LogP contribution in [0.15, 0.2) is 17.1 Å². The minimum atomic E-state index is -4.25. The molecule has 0 saturated heterocycles. The lowest BCUT2D eigenvalue weighted by atomic mass is 9.92. The molecule has 0 radical (unpaired) electrons. The van der Waals surface area contributed by atoms with Crippen LogP contribution in [-0.2, 0) is 25.0 Å². The summed E-state index contributed by atoms with van der Waals surface area (Å²) in [5.74, 6) is -3.87. The number of benzene rings is 1. The van der Waals surface area contributed by atoms with Gasteiger partial charge in [-0.25, -0.2) is 36.1 Å². The number of aliphatic imine (C=N–C) groups is 1. The van der Waals surface area contributed by atoms with Crippen molar-refractivity contribution in [1.29, 1.82) is 0 Å². The predicted molar refractivity (Wildman–Crippen MR) is 122 cm³/mol. The van der Waals surface area contributed by atoms with E-state index in [1.54, 1.807) is 41.5 Å². The lowest BCUT2D eigenvalue weighted by Crippen LogP contribution is -2.58. The maximum Gasteiger partial charge on any atom is 0.427 e. The zero-order valence-corrected chi connectivity index (χ0v) is 21.6. The predicted octanol–water partition coefficient (Wildman–Crippen LogP) is 4.29. The van der Waals surface area contributed by atoms with Crippen LogP contribution in [-0.4, -0.2) is 59.8 Å². The number of hydrogen-bond donors (Lipinski definition) is 0. The van der Waals surface area contributed by atoms with Crippen molar-refractivity contribution in [1.82, 2.24) is 9.21 Å². The topological polar surface area (TPSA) is 106 Å². The number of guanidine groups is 1. The number of aryl methyl sites for hydroxylation is 1. The number of amides is 2. The quantitative estimate of drug-likeness (QED) is 0.566. The number of carbonyl (C=O) groups excluding carboxylic acids is 2. The third kappa shape index (κ3) is 6.02. The first-order chi connectivity index (χ1) is 15.2. The van der Waals surface area contributed by atoms with Crippen molar-refractivity contribution in [2.75, 3.05) is 12.8 Å². The van der Waals surface area contributed by atoms with E-state index >= 15 is 0 Å². The SMILES string of the molecule is Cc1cc(F)c(F)c([C@]2(C)CS(=O)(=O)N(C)C(N(C(=O)OC(C)(C)C)C(=O)OC(C)(C)C)=N2)c1. The zero-order valence-electron chi connectivity index (χ0n) is 20.8. The molecule has 12 heteroatoms. The summed E-state index contributed by atoms with van der Waals surface area (Å²) in [5, 5.41) is 0. The van der Waals surface area contributed by atoms with Crippen LogP contribution in [0.4, 0.5) is 18.4 Å². The van der Waals surface area contributed by atoms with Gasteiger partial charge in [0, 0.05) is 12.6 Å². The fraction of sp³-hybridized carbons (Fsp3) is 0.591. The number of halogens is 2. The largest absolute Gasteiger partial charge is 0.443 e. The first-order valence-electron chi connectivity index (χ1n) is 10.5. The van der Waals surface area contributed by atoms with Crippen molar-refractivity contribution in [3.63, 3.8) is 0 Å². The number of rotatable bonds is 1. The van der Waals surface area contributed by atoms with Gasteiger partial charge in [0.2, 0.25) is 16.0 Å². The molecule has 9 nitrogen and oxygen atoms in total. The molecule has 2 rings (SSSR count). The normalized spacial score (nSPS) is 20.4. The number of imide groups is 1. The van der Waals surface area contributed by atoms with Crippen LogP contribution in [0.5, 0.6) is 0 Å². The summed E-state index contributed by atoms with van der Waals surface area (Å²) in [4.78, 5) is 30.7. The van der Waals surface area contributed by atoms with Gasteiger partial charge in [-0.2, -0.15) is 0 Å². The molecule has 0 aliphatic carbocycles. The lowest BCUT2D eigenvalue weighted by Gasteiger charge is -2.39. The molecule has 34 heavy (non-hydrogen) atoms. The summed E-state index contributed by atoms with van der Waals surface area (Å²) in [6.07, 6.45) is -2.50. The zero-order chi connectivity index (χ0) is 26.4. The summed E-state index contributed by atoms with van der Waals surface area (Å²) in [6, 6.07) is 2.23. The molecule has 0 fully saturated rings.